The molecule has 0 saturated heterocycles. The Morgan fingerprint density at radius 1 is 1.36 bits per heavy atom. The third-order valence-corrected chi connectivity index (χ3v) is 5.44. The summed E-state index contributed by atoms with van der Waals surface area (Å²) in [5.41, 5.74) is 0.271. The number of carboxylic acid groups (broad SMARTS) is 1. The second-order valence-corrected chi connectivity index (χ2v) is 6.71. The highest BCUT2D eigenvalue weighted by Gasteiger charge is 2.38. The Labute approximate surface area is 131 Å². The van der Waals surface area contributed by atoms with Gasteiger partial charge in [0.1, 0.15) is 16.6 Å². The van der Waals surface area contributed by atoms with Crippen molar-refractivity contribution in [3.63, 3.8) is 0 Å². The highest BCUT2D eigenvalue weighted by Crippen LogP contribution is 2.34. The van der Waals surface area contributed by atoms with Gasteiger partial charge in [-0.25, -0.2) is 9.55 Å². The Kier molecular flexibility index (Phi) is 2.78. The number of thiophene rings is 2. The summed E-state index contributed by atoms with van der Waals surface area (Å²) in [6, 6.07) is 3.78. The number of hydrogen-bond donors (Lipinski definition) is 1. The quantitative estimate of drug-likeness (QED) is 0.726. The largest absolute Gasteiger partial charge is 0.481 e. The van der Waals surface area contributed by atoms with E-state index in [4.69, 9.17) is 5.11 Å². The SMILES string of the molecule is O=C(O)C1Cc2nc3scc(-c4cccs4)c3c(=O)n2C1=O. The average Bonchev–Trinajstić information content (AvgIpc) is 3.17. The van der Waals surface area contributed by atoms with Crippen LogP contribution in [0.15, 0.2) is 27.7 Å². The molecule has 0 bridgehead atoms. The summed E-state index contributed by atoms with van der Waals surface area (Å²) >= 11 is 2.82. The van der Waals surface area contributed by atoms with Crippen LogP contribution in [0.2, 0.25) is 0 Å². The molecular formula is C14H8N2O4S2. The Balaban J connectivity index is 2.01. The van der Waals surface area contributed by atoms with E-state index in [0.717, 1.165) is 15.0 Å². The summed E-state index contributed by atoms with van der Waals surface area (Å²) in [5.74, 6) is -2.92. The Hall–Kier alpha value is -2.32. The van der Waals surface area contributed by atoms with E-state index in [1.807, 2.05) is 22.9 Å². The molecule has 3 aromatic heterocycles. The molecule has 1 aliphatic heterocycles. The van der Waals surface area contributed by atoms with Crippen LogP contribution >= 0.6 is 22.7 Å². The average molecular weight is 332 g/mol. The number of carbonyl (C=O) groups excluding carboxylic acids is 1. The van der Waals surface area contributed by atoms with Crippen molar-refractivity contribution in [1.29, 1.82) is 0 Å². The van der Waals surface area contributed by atoms with Crippen molar-refractivity contribution in [2.45, 2.75) is 6.42 Å². The summed E-state index contributed by atoms with van der Waals surface area (Å²) < 4.78 is 0.922. The second kappa shape index (κ2) is 4.59. The number of fused-ring (bicyclic) bond motifs is 2. The normalized spacial score (nSPS) is 17.1. The van der Waals surface area contributed by atoms with Crippen molar-refractivity contribution in [1.82, 2.24) is 9.55 Å². The van der Waals surface area contributed by atoms with Gasteiger partial charge in [0.2, 0.25) is 5.91 Å². The summed E-state index contributed by atoms with van der Waals surface area (Å²) in [4.78, 5) is 41.8. The van der Waals surface area contributed by atoms with Crippen LogP contribution in [0.5, 0.6) is 0 Å². The van der Waals surface area contributed by atoms with Gasteiger partial charge in [-0.2, -0.15) is 0 Å². The maximum absolute atomic E-state index is 12.7. The molecule has 0 spiro atoms. The fourth-order valence-corrected chi connectivity index (χ4v) is 4.40. The molecule has 0 radical (unpaired) electrons. The number of rotatable bonds is 2. The van der Waals surface area contributed by atoms with Gasteiger partial charge in [-0.3, -0.25) is 14.4 Å². The Morgan fingerprint density at radius 2 is 2.18 bits per heavy atom. The maximum atomic E-state index is 12.7. The highest BCUT2D eigenvalue weighted by molar-refractivity contribution is 7.18. The molecule has 1 unspecified atom stereocenters. The zero-order chi connectivity index (χ0) is 15.4. The molecule has 0 saturated carbocycles. The summed E-state index contributed by atoms with van der Waals surface area (Å²) in [6.45, 7) is 0. The van der Waals surface area contributed by atoms with Crippen LogP contribution in [0.4, 0.5) is 0 Å². The van der Waals surface area contributed by atoms with E-state index < -0.39 is 23.4 Å². The molecule has 4 rings (SSSR count). The third-order valence-electron chi connectivity index (χ3n) is 3.67. The van der Waals surface area contributed by atoms with Gasteiger partial charge in [-0.1, -0.05) is 6.07 Å². The molecule has 0 aromatic carbocycles. The number of carbonyl (C=O) groups is 2. The van der Waals surface area contributed by atoms with Gasteiger partial charge >= 0.3 is 5.97 Å². The van der Waals surface area contributed by atoms with E-state index in [0.29, 0.717) is 10.2 Å². The summed E-state index contributed by atoms with van der Waals surface area (Å²) in [5, 5.41) is 13.2. The Bertz CT molecular complexity index is 984. The molecule has 0 amide bonds. The van der Waals surface area contributed by atoms with E-state index in [-0.39, 0.29) is 12.2 Å². The number of aromatic nitrogens is 2. The van der Waals surface area contributed by atoms with Gasteiger partial charge in [0.15, 0.2) is 0 Å². The molecule has 6 nitrogen and oxygen atoms in total. The first-order valence-electron chi connectivity index (χ1n) is 6.42. The molecule has 0 fully saturated rings. The van der Waals surface area contributed by atoms with Crippen LogP contribution in [0.25, 0.3) is 20.7 Å². The van der Waals surface area contributed by atoms with Crippen molar-refractivity contribution >= 4 is 44.8 Å². The van der Waals surface area contributed by atoms with Gasteiger partial charge in [0.25, 0.3) is 5.56 Å². The molecule has 110 valence electrons. The zero-order valence-corrected chi connectivity index (χ0v) is 12.6. The van der Waals surface area contributed by atoms with Crippen molar-refractivity contribution in [3.05, 3.63) is 39.1 Å². The molecule has 0 aliphatic carbocycles. The number of carboxylic acids is 1. The van der Waals surface area contributed by atoms with Crippen LogP contribution in [0.1, 0.15) is 10.6 Å². The molecule has 1 N–H and O–H groups in total. The first-order valence-corrected chi connectivity index (χ1v) is 8.18. The first-order chi connectivity index (χ1) is 10.6. The standard InChI is InChI=1S/C14H8N2O4S2/c17-12-6(14(19)20)4-9-15-11-10(13(18)16(9)12)7(5-22-11)8-2-1-3-21-8/h1-3,5-6H,4H2,(H,19,20). The first kappa shape index (κ1) is 13.4. The molecular weight excluding hydrogens is 324 g/mol. The molecule has 3 aromatic rings. The minimum absolute atomic E-state index is 0.0361. The second-order valence-electron chi connectivity index (χ2n) is 4.91. The number of hydrogen-bond acceptors (Lipinski definition) is 6. The van der Waals surface area contributed by atoms with Gasteiger partial charge in [0, 0.05) is 22.2 Å². The predicted molar refractivity (Wildman–Crippen MR) is 82.6 cm³/mol. The molecule has 1 atom stereocenters. The van der Waals surface area contributed by atoms with E-state index in [1.54, 1.807) is 0 Å². The minimum Gasteiger partial charge on any atom is -0.481 e. The number of aliphatic carboxylic acids is 1. The molecule has 22 heavy (non-hydrogen) atoms. The van der Waals surface area contributed by atoms with Crippen LogP contribution in [0, 0.1) is 5.92 Å². The summed E-state index contributed by atoms with van der Waals surface area (Å²) in [6.07, 6.45) is -0.0361. The van der Waals surface area contributed by atoms with Gasteiger partial charge in [-0.05, 0) is 11.4 Å². The third kappa shape index (κ3) is 1.71. The fraction of sp³-hybridized carbons (Fsp3) is 0.143. The van der Waals surface area contributed by atoms with Crippen molar-refractivity contribution in [3.8, 4) is 10.4 Å². The van der Waals surface area contributed by atoms with Crippen LogP contribution < -0.4 is 5.56 Å². The topological polar surface area (TPSA) is 89.3 Å². The Morgan fingerprint density at radius 3 is 2.86 bits per heavy atom. The summed E-state index contributed by atoms with van der Waals surface area (Å²) in [7, 11) is 0. The minimum atomic E-state index is -1.23. The van der Waals surface area contributed by atoms with E-state index in [9.17, 15) is 14.4 Å². The molecule has 1 aliphatic rings. The lowest BCUT2D eigenvalue weighted by atomic mass is 10.1. The highest BCUT2D eigenvalue weighted by atomic mass is 32.1. The lowest BCUT2D eigenvalue weighted by Gasteiger charge is -2.02. The monoisotopic (exact) mass is 332 g/mol. The van der Waals surface area contributed by atoms with Crippen LogP contribution in [0.3, 0.4) is 0 Å². The zero-order valence-electron chi connectivity index (χ0n) is 11.0. The lowest BCUT2D eigenvalue weighted by Crippen LogP contribution is -2.30. The fourth-order valence-electron chi connectivity index (χ4n) is 2.63. The lowest BCUT2D eigenvalue weighted by molar-refractivity contribution is -0.139. The smallest absolute Gasteiger partial charge is 0.316 e. The van der Waals surface area contributed by atoms with Gasteiger partial charge in [0.05, 0.1) is 5.39 Å². The van der Waals surface area contributed by atoms with Crippen LogP contribution in [-0.4, -0.2) is 26.5 Å². The van der Waals surface area contributed by atoms with Crippen LogP contribution in [-0.2, 0) is 11.2 Å². The molecule has 4 heterocycles. The van der Waals surface area contributed by atoms with E-state index in [2.05, 4.69) is 4.98 Å². The maximum Gasteiger partial charge on any atom is 0.316 e. The van der Waals surface area contributed by atoms with E-state index in [1.165, 1.54) is 22.7 Å². The van der Waals surface area contributed by atoms with Crippen molar-refractivity contribution in [2.24, 2.45) is 5.92 Å². The van der Waals surface area contributed by atoms with Crippen molar-refractivity contribution < 1.29 is 14.7 Å². The van der Waals surface area contributed by atoms with Gasteiger partial charge < -0.3 is 5.11 Å². The predicted octanol–water partition coefficient (Wildman–Crippen LogP) is 2.08. The van der Waals surface area contributed by atoms with Crippen molar-refractivity contribution in [2.75, 3.05) is 0 Å². The number of nitrogens with zero attached hydrogens (tertiary/aromatic N) is 2. The van der Waals surface area contributed by atoms with E-state index >= 15 is 0 Å². The molecule has 8 heteroatoms. The van der Waals surface area contributed by atoms with Gasteiger partial charge in [-0.15, -0.1) is 22.7 Å².